The van der Waals surface area contributed by atoms with Crippen molar-refractivity contribution in [3.05, 3.63) is 29.1 Å². The van der Waals surface area contributed by atoms with E-state index < -0.39 is 5.82 Å². The van der Waals surface area contributed by atoms with Crippen molar-refractivity contribution in [2.24, 2.45) is 0 Å². The Balaban J connectivity index is 2.56. The Labute approximate surface area is 76.4 Å². The van der Waals surface area contributed by atoms with Gasteiger partial charge in [-0.25, -0.2) is 4.39 Å². The van der Waals surface area contributed by atoms with Crippen LogP contribution < -0.4 is 5.32 Å². The first-order valence-corrected chi connectivity index (χ1v) is 4.44. The van der Waals surface area contributed by atoms with Gasteiger partial charge in [0, 0.05) is 6.04 Å². The maximum atomic E-state index is 13.4. The van der Waals surface area contributed by atoms with E-state index in [1.807, 2.05) is 6.92 Å². The van der Waals surface area contributed by atoms with Gasteiger partial charge < -0.3 is 10.4 Å². The van der Waals surface area contributed by atoms with Gasteiger partial charge in [-0.15, -0.1) is 0 Å². The van der Waals surface area contributed by atoms with E-state index in [0.717, 1.165) is 12.1 Å². The summed E-state index contributed by atoms with van der Waals surface area (Å²) in [5, 5.41) is 12.4. The lowest BCUT2D eigenvalue weighted by Crippen LogP contribution is -2.28. The fraction of sp³-hybridized carbons (Fsp3) is 0.400. The summed E-state index contributed by atoms with van der Waals surface area (Å²) in [4.78, 5) is 0. The maximum Gasteiger partial charge on any atom is 0.168 e. The third-order valence-corrected chi connectivity index (χ3v) is 2.55. The van der Waals surface area contributed by atoms with Gasteiger partial charge in [0.05, 0.1) is 0 Å². The van der Waals surface area contributed by atoms with Gasteiger partial charge in [0.25, 0.3) is 0 Å². The second kappa shape index (κ2) is 3.00. The summed E-state index contributed by atoms with van der Waals surface area (Å²) < 4.78 is 13.4. The number of phenolic OH excluding ortho intramolecular Hbond substituents is 1. The van der Waals surface area contributed by atoms with Gasteiger partial charge in [-0.2, -0.15) is 0 Å². The maximum absolute atomic E-state index is 13.4. The summed E-state index contributed by atoms with van der Waals surface area (Å²) in [7, 11) is 0. The average Bonchev–Trinajstić information content (AvgIpc) is 2.12. The van der Waals surface area contributed by atoms with Crippen LogP contribution in [0.2, 0.25) is 0 Å². The van der Waals surface area contributed by atoms with Crippen LogP contribution in [0.25, 0.3) is 0 Å². The van der Waals surface area contributed by atoms with Gasteiger partial charge >= 0.3 is 0 Å². The molecule has 0 spiro atoms. The van der Waals surface area contributed by atoms with Crippen LogP contribution in [0.1, 0.15) is 24.1 Å². The molecule has 1 heterocycles. The minimum Gasteiger partial charge on any atom is -0.505 e. The molecule has 70 valence electrons. The summed E-state index contributed by atoms with van der Waals surface area (Å²) in [6.07, 6.45) is 0.653. The SMILES string of the molecule is CC1NCCc2c1ccc(O)c2F. The molecule has 0 radical (unpaired) electrons. The van der Waals surface area contributed by atoms with Crippen molar-refractivity contribution in [1.29, 1.82) is 0 Å². The molecule has 0 aliphatic carbocycles. The highest BCUT2D eigenvalue weighted by molar-refractivity contribution is 5.39. The van der Waals surface area contributed by atoms with E-state index in [1.165, 1.54) is 6.07 Å². The summed E-state index contributed by atoms with van der Waals surface area (Å²) in [5.74, 6) is -0.696. The van der Waals surface area contributed by atoms with E-state index in [-0.39, 0.29) is 11.8 Å². The Kier molecular flexibility index (Phi) is 1.96. The molecule has 0 amide bonds. The number of hydrogen-bond donors (Lipinski definition) is 2. The molecular formula is C10H12FNO. The number of rotatable bonds is 0. The number of aromatic hydroxyl groups is 1. The number of nitrogens with one attached hydrogen (secondary N) is 1. The van der Waals surface area contributed by atoms with Crippen LogP contribution in [0.5, 0.6) is 5.75 Å². The van der Waals surface area contributed by atoms with E-state index in [2.05, 4.69) is 5.32 Å². The number of benzene rings is 1. The van der Waals surface area contributed by atoms with Crippen LogP contribution in [0.4, 0.5) is 4.39 Å². The molecule has 0 saturated carbocycles. The summed E-state index contributed by atoms with van der Waals surface area (Å²) in [6, 6.07) is 3.38. The lowest BCUT2D eigenvalue weighted by atomic mass is 9.94. The molecule has 2 nitrogen and oxygen atoms in total. The predicted molar refractivity (Wildman–Crippen MR) is 48.2 cm³/mol. The van der Waals surface area contributed by atoms with Crippen LogP contribution in [0, 0.1) is 5.82 Å². The van der Waals surface area contributed by atoms with E-state index in [4.69, 9.17) is 5.11 Å². The Morgan fingerprint density at radius 2 is 2.31 bits per heavy atom. The van der Waals surface area contributed by atoms with Crippen molar-refractivity contribution in [2.45, 2.75) is 19.4 Å². The first-order valence-electron chi connectivity index (χ1n) is 4.44. The third kappa shape index (κ3) is 1.29. The average molecular weight is 181 g/mol. The van der Waals surface area contributed by atoms with Crippen LogP contribution in [-0.4, -0.2) is 11.7 Å². The fourth-order valence-electron chi connectivity index (χ4n) is 1.81. The third-order valence-electron chi connectivity index (χ3n) is 2.55. The molecule has 13 heavy (non-hydrogen) atoms. The molecule has 3 heteroatoms. The van der Waals surface area contributed by atoms with Gasteiger partial charge in [-0.05, 0) is 37.1 Å². The highest BCUT2D eigenvalue weighted by Crippen LogP contribution is 2.29. The Morgan fingerprint density at radius 3 is 3.08 bits per heavy atom. The van der Waals surface area contributed by atoms with Gasteiger partial charge in [0.1, 0.15) is 0 Å². The van der Waals surface area contributed by atoms with Gasteiger partial charge in [-0.1, -0.05) is 6.07 Å². The second-order valence-corrected chi connectivity index (χ2v) is 3.39. The summed E-state index contributed by atoms with van der Waals surface area (Å²) in [5.41, 5.74) is 1.62. The second-order valence-electron chi connectivity index (χ2n) is 3.39. The highest BCUT2D eigenvalue weighted by Gasteiger charge is 2.20. The Bertz CT molecular complexity index is 338. The molecule has 1 aromatic carbocycles. The largest absolute Gasteiger partial charge is 0.505 e. The first-order chi connectivity index (χ1) is 6.20. The zero-order chi connectivity index (χ0) is 9.42. The highest BCUT2D eigenvalue weighted by atomic mass is 19.1. The van der Waals surface area contributed by atoms with Crippen LogP contribution in [0.15, 0.2) is 12.1 Å². The standard InChI is InChI=1S/C10H12FNO/c1-6-7-2-3-9(13)10(11)8(7)4-5-12-6/h2-3,6,12-13H,4-5H2,1H3. The zero-order valence-electron chi connectivity index (χ0n) is 7.47. The van der Waals surface area contributed by atoms with Crippen molar-refractivity contribution in [1.82, 2.24) is 5.32 Å². The van der Waals surface area contributed by atoms with Gasteiger partial charge in [0.2, 0.25) is 0 Å². The minimum absolute atomic E-state index is 0.179. The molecule has 0 bridgehead atoms. The monoisotopic (exact) mass is 181 g/mol. The van der Waals surface area contributed by atoms with Crippen molar-refractivity contribution in [3.8, 4) is 5.75 Å². The first kappa shape index (κ1) is 8.51. The molecule has 1 aliphatic rings. The minimum atomic E-state index is -0.453. The smallest absolute Gasteiger partial charge is 0.168 e. The van der Waals surface area contributed by atoms with Crippen LogP contribution >= 0.6 is 0 Å². The quantitative estimate of drug-likeness (QED) is 0.639. The molecule has 1 aromatic rings. The molecule has 2 N–H and O–H groups in total. The molecule has 1 unspecified atom stereocenters. The van der Waals surface area contributed by atoms with Crippen molar-refractivity contribution < 1.29 is 9.50 Å². The topological polar surface area (TPSA) is 32.3 Å². The number of fused-ring (bicyclic) bond motifs is 1. The van der Waals surface area contributed by atoms with Crippen molar-refractivity contribution in [3.63, 3.8) is 0 Å². The van der Waals surface area contributed by atoms with E-state index in [1.54, 1.807) is 6.07 Å². The van der Waals surface area contributed by atoms with E-state index in [9.17, 15) is 4.39 Å². The summed E-state index contributed by atoms with van der Waals surface area (Å²) in [6.45, 7) is 2.77. The molecule has 0 fully saturated rings. The lowest BCUT2D eigenvalue weighted by molar-refractivity contribution is 0.420. The number of hydrogen-bond acceptors (Lipinski definition) is 2. The van der Waals surface area contributed by atoms with Gasteiger partial charge in [-0.3, -0.25) is 0 Å². The predicted octanol–water partition coefficient (Wildman–Crippen LogP) is 1.74. The van der Waals surface area contributed by atoms with Crippen LogP contribution in [0.3, 0.4) is 0 Å². The van der Waals surface area contributed by atoms with Crippen molar-refractivity contribution >= 4 is 0 Å². The van der Waals surface area contributed by atoms with Gasteiger partial charge in [0.15, 0.2) is 11.6 Å². The Hall–Kier alpha value is -1.09. The molecule has 1 aliphatic heterocycles. The molecule has 2 rings (SSSR count). The molecule has 0 aromatic heterocycles. The Morgan fingerprint density at radius 1 is 1.54 bits per heavy atom. The lowest BCUT2D eigenvalue weighted by Gasteiger charge is -2.24. The molecular weight excluding hydrogens is 169 g/mol. The fourth-order valence-corrected chi connectivity index (χ4v) is 1.81. The zero-order valence-corrected chi connectivity index (χ0v) is 7.47. The van der Waals surface area contributed by atoms with E-state index >= 15 is 0 Å². The normalized spacial score (nSPS) is 21.2. The van der Waals surface area contributed by atoms with E-state index in [0.29, 0.717) is 12.0 Å². The summed E-state index contributed by atoms with van der Waals surface area (Å²) >= 11 is 0. The van der Waals surface area contributed by atoms with Crippen LogP contribution in [-0.2, 0) is 6.42 Å². The molecule has 1 atom stereocenters. The molecule has 0 saturated heterocycles. The number of phenols is 1. The van der Waals surface area contributed by atoms with Crippen molar-refractivity contribution in [2.75, 3.05) is 6.54 Å². The number of halogens is 1.